The molecule has 2 aromatic rings. The molecule has 0 N–H and O–H groups in total. The smallest absolute Gasteiger partial charge is 0.338 e. The lowest BCUT2D eigenvalue weighted by Crippen LogP contribution is -2.33. The monoisotopic (exact) mass is 340 g/mol. The van der Waals surface area contributed by atoms with Crippen molar-refractivity contribution in [2.75, 3.05) is 0 Å². The van der Waals surface area contributed by atoms with E-state index in [4.69, 9.17) is 4.74 Å². The van der Waals surface area contributed by atoms with E-state index in [1.54, 1.807) is 23.9 Å². The molecule has 0 bridgehead atoms. The average molecular weight is 340 g/mol. The molecule has 2 aliphatic carbocycles. The molecule has 2 fully saturated rings. The van der Waals surface area contributed by atoms with Crippen molar-refractivity contribution in [3.05, 3.63) is 29.8 Å². The number of aromatic nitrogens is 4. The zero-order valence-electron chi connectivity index (χ0n) is 14.6. The fourth-order valence-corrected chi connectivity index (χ4v) is 4.39. The zero-order chi connectivity index (χ0) is 17.2. The van der Waals surface area contributed by atoms with Crippen molar-refractivity contribution in [3.63, 3.8) is 0 Å². The minimum atomic E-state index is -0.220. The molecule has 0 radical (unpaired) electrons. The number of carbonyl (C=O) groups excluding carboxylic acids is 1. The minimum absolute atomic E-state index is 0.0782. The first-order valence-electron chi connectivity index (χ1n) is 9.24. The van der Waals surface area contributed by atoms with Crippen LogP contribution < -0.4 is 0 Å². The molecule has 2 aliphatic rings. The molecule has 0 amide bonds. The molecule has 2 saturated carbocycles. The van der Waals surface area contributed by atoms with Gasteiger partial charge in [0, 0.05) is 12.6 Å². The van der Waals surface area contributed by atoms with E-state index < -0.39 is 0 Å². The van der Waals surface area contributed by atoms with Gasteiger partial charge in [-0.15, -0.1) is 5.10 Å². The van der Waals surface area contributed by atoms with Crippen LogP contribution in [-0.2, 0) is 11.8 Å². The summed E-state index contributed by atoms with van der Waals surface area (Å²) in [5.41, 5.74) is 1.47. The molecule has 1 aromatic heterocycles. The lowest BCUT2D eigenvalue weighted by atomic mass is 9.70. The van der Waals surface area contributed by atoms with Gasteiger partial charge in [0.25, 0.3) is 0 Å². The highest BCUT2D eigenvalue weighted by molar-refractivity contribution is 5.90. The first-order valence-corrected chi connectivity index (χ1v) is 9.24. The summed E-state index contributed by atoms with van der Waals surface area (Å²) in [6.07, 6.45) is 8.71. The fourth-order valence-electron chi connectivity index (χ4n) is 4.39. The van der Waals surface area contributed by atoms with Gasteiger partial charge in [-0.2, -0.15) is 0 Å². The van der Waals surface area contributed by atoms with Gasteiger partial charge in [0.15, 0.2) is 5.82 Å². The minimum Gasteiger partial charge on any atom is -0.459 e. The quantitative estimate of drug-likeness (QED) is 0.801. The number of rotatable bonds is 3. The van der Waals surface area contributed by atoms with Crippen molar-refractivity contribution in [2.45, 2.75) is 51.0 Å². The maximum absolute atomic E-state index is 12.5. The molecule has 6 nitrogen and oxygen atoms in total. The molecule has 132 valence electrons. The van der Waals surface area contributed by atoms with E-state index in [9.17, 15) is 4.79 Å². The van der Waals surface area contributed by atoms with Gasteiger partial charge in [0.2, 0.25) is 0 Å². The van der Waals surface area contributed by atoms with Gasteiger partial charge in [-0.1, -0.05) is 37.8 Å². The third-order valence-corrected chi connectivity index (χ3v) is 5.76. The predicted molar refractivity (Wildman–Crippen MR) is 92.7 cm³/mol. The predicted octanol–water partition coefficient (Wildman–Crippen LogP) is 3.39. The van der Waals surface area contributed by atoms with Crippen LogP contribution in [0.3, 0.4) is 0 Å². The summed E-state index contributed by atoms with van der Waals surface area (Å²) in [6.45, 7) is 0. The third-order valence-electron chi connectivity index (χ3n) is 5.76. The zero-order valence-corrected chi connectivity index (χ0v) is 14.6. The number of benzene rings is 1. The Labute approximate surface area is 147 Å². The Morgan fingerprint density at radius 2 is 1.84 bits per heavy atom. The molecule has 25 heavy (non-hydrogen) atoms. The molecular weight excluding hydrogens is 316 g/mol. The Hall–Kier alpha value is -2.24. The van der Waals surface area contributed by atoms with Crippen LogP contribution in [0, 0.1) is 11.8 Å². The summed E-state index contributed by atoms with van der Waals surface area (Å²) in [6, 6.07) is 7.30. The van der Waals surface area contributed by atoms with Crippen LogP contribution in [0.2, 0.25) is 0 Å². The molecule has 3 unspecified atom stereocenters. The van der Waals surface area contributed by atoms with Crippen LogP contribution in [0.5, 0.6) is 0 Å². The van der Waals surface area contributed by atoms with Crippen molar-refractivity contribution in [1.29, 1.82) is 0 Å². The van der Waals surface area contributed by atoms with E-state index in [-0.39, 0.29) is 12.1 Å². The summed E-state index contributed by atoms with van der Waals surface area (Å²) in [5, 5.41) is 11.4. The maximum atomic E-state index is 12.5. The first-order chi connectivity index (χ1) is 12.2. The number of hydrogen-bond donors (Lipinski definition) is 0. The molecule has 6 heteroatoms. The number of ether oxygens (including phenoxy) is 1. The van der Waals surface area contributed by atoms with Gasteiger partial charge in [0.1, 0.15) is 6.10 Å². The number of nitrogens with zero attached hydrogens (tertiary/aromatic N) is 4. The van der Waals surface area contributed by atoms with Crippen molar-refractivity contribution in [1.82, 2.24) is 20.2 Å². The SMILES string of the molecule is Cn1nnnc1-c1ccc(C(=O)OC2CCC3CCCCC3C2)cc1. The lowest BCUT2D eigenvalue weighted by Gasteiger charge is -2.38. The Kier molecular flexibility index (Phi) is 4.51. The number of hydrogen-bond acceptors (Lipinski definition) is 5. The Bertz CT molecular complexity index is 740. The molecule has 0 spiro atoms. The topological polar surface area (TPSA) is 69.9 Å². The van der Waals surface area contributed by atoms with Crippen molar-refractivity contribution in [3.8, 4) is 11.4 Å². The molecular formula is C19H24N4O2. The Morgan fingerprint density at radius 1 is 1.08 bits per heavy atom. The van der Waals surface area contributed by atoms with Gasteiger partial charge >= 0.3 is 5.97 Å². The molecule has 4 rings (SSSR count). The van der Waals surface area contributed by atoms with E-state index >= 15 is 0 Å². The molecule has 1 aromatic carbocycles. The van der Waals surface area contributed by atoms with Crippen LogP contribution in [-0.4, -0.2) is 32.3 Å². The van der Waals surface area contributed by atoms with Crippen molar-refractivity contribution < 1.29 is 9.53 Å². The van der Waals surface area contributed by atoms with Crippen LogP contribution in [0.25, 0.3) is 11.4 Å². The van der Waals surface area contributed by atoms with E-state index in [0.717, 1.165) is 30.2 Å². The van der Waals surface area contributed by atoms with E-state index in [2.05, 4.69) is 15.5 Å². The highest BCUT2D eigenvalue weighted by Gasteiger charge is 2.33. The molecule has 0 saturated heterocycles. The second-order valence-electron chi connectivity index (χ2n) is 7.35. The summed E-state index contributed by atoms with van der Waals surface area (Å²) >= 11 is 0. The maximum Gasteiger partial charge on any atom is 0.338 e. The van der Waals surface area contributed by atoms with Gasteiger partial charge in [-0.05, 0) is 53.7 Å². The molecule has 0 aliphatic heterocycles. The fraction of sp³-hybridized carbons (Fsp3) is 0.579. The van der Waals surface area contributed by atoms with E-state index in [1.807, 2.05) is 12.1 Å². The standard InChI is InChI=1S/C19H24N4O2/c1-23-18(20-21-22-23)14-6-8-15(9-7-14)19(24)25-17-11-10-13-4-2-3-5-16(13)12-17/h6-9,13,16-17H,2-5,10-12H2,1H3. The first kappa shape index (κ1) is 16.2. The Balaban J connectivity index is 1.39. The summed E-state index contributed by atoms with van der Waals surface area (Å²) in [7, 11) is 1.79. The number of fused-ring (bicyclic) bond motifs is 1. The van der Waals surface area contributed by atoms with Gasteiger partial charge in [-0.3, -0.25) is 0 Å². The number of carbonyl (C=O) groups is 1. The summed E-state index contributed by atoms with van der Waals surface area (Å²) in [4.78, 5) is 12.5. The average Bonchev–Trinajstić information content (AvgIpc) is 3.08. The number of esters is 1. The summed E-state index contributed by atoms with van der Waals surface area (Å²) < 4.78 is 7.40. The number of aryl methyl sites for hydroxylation is 1. The second-order valence-corrected chi connectivity index (χ2v) is 7.35. The van der Waals surface area contributed by atoms with Gasteiger partial charge in [0.05, 0.1) is 5.56 Å². The summed E-state index contributed by atoms with van der Waals surface area (Å²) in [5.74, 6) is 2.08. The highest BCUT2D eigenvalue weighted by atomic mass is 16.5. The van der Waals surface area contributed by atoms with Crippen LogP contribution >= 0.6 is 0 Å². The number of tetrazole rings is 1. The van der Waals surface area contributed by atoms with Crippen LogP contribution in [0.1, 0.15) is 55.3 Å². The second kappa shape index (κ2) is 6.94. The van der Waals surface area contributed by atoms with Gasteiger partial charge < -0.3 is 4.74 Å². The van der Waals surface area contributed by atoms with Gasteiger partial charge in [-0.25, -0.2) is 9.48 Å². The highest BCUT2D eigenvalue weighted by Crippen LogP contribution is 2.41. The Morgan fingerprint density at radius 3 is 2.56 bits per heavy atom. The normalized spacial score (nSPS) is 26.0. The van der Waals surface area contributed by atoms with E-state index in [0.29, 0.717) is 11.4 Å². The van der Waals surface area contributed by atoms with Crippen LogP contribution in [0.4, 0.5) is 0 Å². The molecule has 1 heterocycles. The largest absolute Gasteiger partial charge is 0.459 e. The van der Waals surface area contributed by atoms with Crippen molar-refractivity contribution >= 4 is 5.97 Å². The van der Waals surface area contributed by atoms with Crippen molar-refractivity contribution in [2.24, 2.45) is 18.9 Å². The lowest BCUT2D eigenvalue weighted by molar-refractivity contribution is -0.000921. The van der Waals surface area contributed by atoms with Crippen LogP contribution in [0.15, 0.2) is 24.3 Å². The third kappa shape index (κ3) is 3.43. The molecule has 3 atom stereocenters. The van der Waals surface area contributed by atoms with E-state index in [1.165, 1.54) is 32.1 Å².